The van der Waals surface area contributed by atoms with Crippen molar-refractivity contribution in [3.63, 3.8) is 0 Å². The third-order valence-electron chi connectivity index (χ3n) is 3.61. The van der Waals surface area contributed by atoms with E-state index in [1.807, 2.05) is 31.2 Å². The molecular formula is C15H19N3O. The third kappa shape index (κ3) is 2.84. The number of ether oxygens (including phenoxy) is 1. The van der Waals surface area contributed by atoms with Gasteiger partial charge in [-0.1, -0.05) is 12.1 Å². The third-order valence-corrected chi connectivity index (χ3v) is 3.61. The van der Waals surface area contributed by atoms with Gasteiger partial charge in [0.15, 0.2) is 0 Å². The molecule has 100 valence electrons. The smallest absolute Gasteiger partial charge is 0.148 e. The average Bonchev–Trinajstić information content (AvgIpc) is 2.92. The molecule has 4 nitrogen and oxygen atoms in total. The molecule has 0 radical (unpaired) electrons. The summed E-state index contributed by atoms with van der Waals surface area (Å²) < 4.78 is 5.39. The molecule has 0 bridgehead atoms. The SMILES string of the molecule is Cc1nc2ccccc2nc1NCCC1CCOC1. The van der Waals surface area contributed by atoms with Crippen LogP contribution in [0.5, 0.6) is 0 Å². The van der Waals surface area contributed by atoms with Crippen molar-refractivity contribution < 1.29 is 4.74 Å². The van der Waals surface area contributed by atoms with E-state index in [0.29, 0.717) is 5.92 Å². The quantitative estimate of drug-likeness (QED) is 0.915. The Morgan fingerprint density at radius 2 is 2.05 bits per heavy atom. The first-order valence-corrected chi connectivity index (χ1v) is 6.88. The molecular weight excluding hydrogens is 238 g/mol. The van der Waals surface area contributed by atoms with Crippen LogP contribution < -0.4 is 5.32 Å². The minimum Gasteiger partial charge on any atom is -0.381 e. The molecule has 1 aromatic heterocycles. The van der Waals surface area contributed by atoms with Crippen molar-refractivity contribution in [3.8, 4) is 0 Å². The van der Waals surface area contributed by atoms with Gasteiger partial charge in [-0.15, -0.1) is 0 Å². The highest BCUT2D eigenvalue weighted by molar-refractivity contribution is 5.76. The topological polar surface area (TPSA) is 47.0 Å². The molecule has 0 spiro atoms. The van der Waals surface area contributed by atoms with Gasteiger partial charge in [-0.25, -0.2) is 9.97 Å². The Bertz CT molecular complexity index is 564. The molecule has 0 aliphatic carbocycles. The molecule has 3 rings (SSSR count). The van der Waals surface area contributed by atoms with E-state index in [0.717, 1.165) is 48.7 Å². The number of nitrogens with zero attached hydrogens (tertiary/aromatic N) is 2. The van der Waals surface area contributed by atoms with E-state index in [4.69, 9.17) is 4.74 Å². The summed E-state index contributed by atoms with van der Waals surface area (Å²) in [6.45, 7) is 4.76. The second kappa shape index (κ2) is 5.53. The molecule has 1 fully saturated rings. The lowest BCUT2D eigenvalue weighted by atomic mass is 10.1. The van der Waals surface area contributed by atoms with E-state index < -0.39 is 0 Å². The lowest BCUT2D eigenvalue weighted by Crippen LogP contribution is -2.11. The molecule has 19 heavy (non-hydrogen) atoms. The summed E-state index contributed by atoms with van der Waals surface area (Å²) >= 11 is 0. The molecule has 2 heterocycles. The fraction of sp³-hybridized carbons (Fsp3) is 0.467. The predicted octanol–water partition coefficient (Wildman–Crippen LogP) is 2.78. The van der Waals surface area contributed by atoms with Crippen LogP contribution in [0.4, 0.5) is 5.82 Å². The number of benzene rings is 1. The summed E-state index contributed by atoms with van der Waals surface area (Å²) in [7, 11) is 0. The van der Waals surface area contributed by atoms with Crippen molar-refractivity contribution in [2.45, 2.75) is 19.8 Å². The Morgan fingerprint density at radius 3 is 2.79 bits per heavy atom. The van der Waals surface area contributed by atoms with Crippen LogP contribution in [-0.2, 0) is 4.74 Å². The Balaban J connectivity index is 1.67. The molecule has 1 saturated heterocycles. The molecule has 1 N–H and O–H groups in total. The monoisotopic (exact) mass is 257 g/mol. The highest BCUT2D eigenvalue weighted by atomic mass is 16.5. The van der Waals surface area contributed by atoms with Crippen molar-refractivity contribution in [3.05, 3.63) is 30.0 Å². The van der Waals surface area contributed by atoms with Crippen LogP contribution in [0.25, 0.3) is 11.0 Å². The number of rotatable bonds is 4. The zero-order valence-corrected chi connectivity index (χ0v) is 11.2. The molecule has 2 aromatic rings. The molecule has 1 atom stereocenters. The first-order chi connectivity index (χ1) is 9.33. The van der Waals surface area contributed by atoms with Crippen LogP contribution in [0.2, 0.25) is 0 Å². The molecule has 1 aliphatic heterocycles. The van der Waals surface area contributed by atoms with Gasteiger partial charge in [0.25, 0.3) is 0 Å². The Morgan fingerprint density at radius 1 is 1.26 bits per heavy atom. The number of fused-ring (bicyclic) bond motifs is 1. The van der Waals surface area contributed by atoms with E-state index in [9.17, 15) is 0 Å². The van der Waals surface area contributed by atoms with Crippen molar-refractivity contribution >= 4 is 16.9 Å². The predicted molar refractivity (Wildman–Crippen MR) is 76.3 cm³/mol. The second-order valence-corrected chi connectivity index (χ2v) is 5.09. The number of aryl methyl sites for hydroxylation is 1. The molecule has 1 unspecified atom stereocenters. The van der Waals surface area contributed by atoms with Gasteiger partial charge < -0.3 is 10.1 Å². The van der Waals surface area contributed by atoms with Crippen LogP contribution in [0.15, 0.2) is 24.3 Å². The number of nitrogens with one attached hydrogen (secondary N) is 1. The van der Waals surface area contributed by atoms with Gasteiger partial charge in [-0.3, -0.25) is 0 Å². The van der Waals surface area contributed by atoms with Gasteiger partial charge >= 0.3 is 0 Å². The van der Waals surface area contributed by atoms with Crippen LogP contribution in [-0.4, -0.2) is 29.7 Å². The van der Waals surface area contributed by atoms with Gasteiger partial charge in [0.05, 0.1) is 16.7 Å². The van der Waals surface area contributed by atoms with Crippen molar-refractivity contribution in [2.75, 3.05) is 25.1 Å². The van der Waals surface area contributed by atoms with Gasteiger partial charge in [0, 0.05) is 19.8 Å². The molecule has 0 amide bonds. The van der Waals surface area contributed by atoms with Crippen LogP contribution in [0.3, 0.4) is 0 Å². The number of aromatic nitrogens is 2. The number of anilines is 1. The Hall–Kier alpha value is -1.68. The summed E-state index contributed by atoms with van der Waals surface area (Å²) in [5.74, 6) is 1.60. The largest absolute Gasteiger partial charge is 0.381 e. The number of hydrogen-bond acceptors (Lipinski definition) is 4. The van der Waals surface area contributed by atoms with Crippen LogP contribution >= 0.6 is 0 Å². The summed E-state index contributed by atoms with van der Waals surface area (Å²) in [4.78, 5) is 9.21. The average molecular weight is 257 g/mol. The highest BCUT2D eigenvalue weighted by Gasteiger charge is 2.15. The van der Waals surface area contributed by atoms with Crippen LogP contribution in [0, 0.1) is 12.8 Å². The van der Waals surface area contributed by atoms with E-state index in [1.54, 1.807) is 0 Å². The zero-order valence-electron chi connectivity index (χ0n) is 11.2. The van der Waals surface area contributed by atoms with Gasteiger partial charge in [-0.05, 0) is 37.8 Å². The fourth-order valence-electron chi connectivity index (χ4n) is 2.46. The molecule has 1 aliphatic rings. The van der Waals surface area contributed by atoms with Crippen molar-refractivity contribution in [2.24, 2.45) is 5.92 Å². The zero-order chi connectivity index (χ0) is 13.1. The highest BCUT2D eigenvalue weighted by Crippen LogP contribution is 2.18. The molecule has 4 heteroatoms. The first-order valence-electron chi connectivity index (χ1n) is 6.88. The number of hydrogen-bond donors (Lipinski definition) is 1. The number of para-hydroxylation sites is 2. The normalized spacial score (nSPS) is 18.9. The van der Waals surface area contributed by atoms with Gasteiger partial charge in [-0.2, -0.15) is 0 Å². The summed E-state index contributed by atoms with van der Waals surface area (Å²) in [6.07, 6.45) is 2.32. The first kappa shape index (κ1) is 12.4. The van der Waals surface area contributed by atoms with Crippen molar-refractivity contribution in [1.82, 2.24) is 9.97 Å². The summed E-state index contributed by atoms with van der Waals surface area (Å²) in [5.41, 5.74) is 2.86. The van der Waals surface area contributed by atoms with E-state index >= 15 is 0 Å². The standard InChI is InChI=1S/C15H19N3O/c1-11-15(16-8-6-12-7-9-19-10-12)18-14-5-3-2-4-13(14)17-11/h2-5,12H,6-10H2,1H3,(H,16,18). The maximum atomic E-state index is 5.39. The summed E-state index contributed by atoms with van der Waals surface area (Å²) in [6, 6.07) is 7.97. The Kier molecular flexibility index (Phi) is 3.60. The van der Waals surface area contributed by atoms with Gasteiger partial charge in [0.1, 0.15) is 5.82 Å². The van der Waals surface area contributed by atoms with Crippen molar-refractivity contribution in [1.29, 1.82) is 0 Å². The van der Waals surface area contributed by atoms with E-state index in [2.05, 4.69) is 15.3 Å². The van der Waals surface area contributed by atoms with Crippen LogP contribution in [0.1, 0.15) is 18.5 Å². The lowest BCUT2D eigenvalue weighted by molar-refractivity contribution is 0.185. The minimum atomic E-state index is 0.696. The van der Waals surface area contributed by atoms with E-state index in [-0.39, 0.29) is 0 Å². The molecule has 1 aromatic carbocycles. The maximum Gasteiger partial charge on any atom is 0.148 e. The Labute approximate surface area is 113 Å². The maximum absolute atomic E-state index is 5.39. The molecule has 0 saturated carbocycles. The summed E-state index contributed by atoms with van der Waals surface area (Å²) in [5, 5.41) is 3.40. The fourth-order valence-corrected chi connectivity index (χ4v) is 2.46. The second-order valence-electron chi connectivity index (χ2n) is 5.09. The van der Waals surface area contributed by atoms with E-state index in [1.165, 1.54) is 6.42 Å². The van der Waals surface area contributed by atoms with Gasteiger partial charge in [0.2, 0.25) is 0 Å². The minimum absolute atomic E-state index is 0.696. The lowest BCUT2D eigenvalue weighted by Gasteiger charge is -2.11.